The first-order chi connectivity index (χ1) is 9.22. The Morgan fingerprint density at radius 1 is 1.47 bits per heavy atom. The van der Waals surface area contributed by atoms with Crippen LogP contribution in [0.15, 0.2) is 45.3 Å². The summed E-state index contributed by atoms with van der Waals surface area (Å²) in [5.74, 6) is 0.937. The fourth-order valence-corrected chi connectivity index (χ4v) is 2.80. The van der Waals surface area contributed by atoms with E-state index in [-0.39, 0.29) is 5.56 Å². The van der Waals surface area contributed by atoms with Crippen molar-refractivity contribution in [2.24, 2.45) is 0 Å². The van der Waals surface area contributed by atoms with E-state index in [4.69, 9.17) is 4.42 Å². The molecule has 0 aliphatic carbocycles. The van der Waals surface area contributed by atoms with Crippen LogP contribution in [0.25, 0.3) is 4.96 Å². The van der Waals surface area contributed by atoms with Crippen LogP contribution in [-0.2, 0) is 13.1 Å². The second kappa shape index (κ2) is 4.99. The molecule has 0 fully saturated rings. The third-order valence-electron chi connectivity index (χ3n) is 2.90. The molecule has 1 N–H and O–H groups in total. The highest BCUT2D eigenvalue weighted by atomic mass is 32.1. The van der Waals surface area contributed by atoms with Crippen LogP contribution in [-0.4, -0.2) is 16.4 Å². The lowest BCUT2D eigenvalue weighted by molar-refractivity contribution is -0.909. The van der Waals surface area contributed by atoms with Crippen LogP contribution in [0.5, 0.6) is 0 Å². The number of fused-ring (bicyclic) bond motifs is 1. The summed E-state index contributed by atoms with van der Waals surface area (Å²) in [6, 6.07) is 5.44. The first-order valence-corrected chi connectivity index (χ1v) is 6.90. The SMILES string of the molecule is C[NH+](Cc1cc(=O)n2ccsc2n1)Cc1ccco1. The second-order valence-corrected chi connectivity index (χ2v) is 5.40. The van der Waals surface area contributed by atoms with Gasteiger partial charge < -0.3 is 9.32 Å². The number of thiazole rings is 1. The van der Waals surface area contributed by atoms with Crippen molar-refractivity contribution in [3.8, 4) is 0 Å². The molecule has 3 aromatic heterocycles. The Balaban J connectivity index is 1.79. The van der Waals surface area contributed by atoms with Gasteiger partial charge in [-0.3, -0.25) is 9.20 Å². The molecule has 0 aliphatic rings. The van der Waals surface area contributed by atoms with E-state index < -0.39 is 0 Å². The molecule has 0 bridgehead atoms. The van der Waals surface area contributed by atoms with Crippen LogP contribution in [0.1, 0.15) is 11.5 Å². The highest BCUT2D eigenvalue weighted by Gasteiger charge is 2.10. The van der Waals surface area contributed by atoms with Gasteiger partial charge in [0.25, 0.3) is 5.56 Å². The molecule has 0 amide bonds. The third-order valence-corrected chi connectivity index (χ3v) is 3.65. The number of nitrogens with zero attached hydrogens (tertiary/aromatic N) is 2. The first kappa shape index (κ1) is 12.1. The molecule has 0 radical (unpaired) electrons. The lowest BCUT2D eigenvalue weighted by atomic mass is 10.3. The summed E-state index contributed by atoms with van der Waals surface area (Å²) in [5, 5.41) is 1.87. The number of rotatable bonds is 4. The van der Waals surface area contributed by atoms with Gasteiger partial charge in [0.15, 0.2) is 10.7 Å². The van der Waals surface area contributed by atoms with E-state index in [2.05, 4.69) is 12.0 Å². The maximum Gasteiger partial charge on any atom is 0.258 e. The summed E-state index contributed by atoms with van der Waals surface area (Å²) in [6.07, 6.45) is 3.42. The topological polar surface area (TPSA) is 52.0 Å². The Kier molecular flexibility index (Phi) is 3.18. The van der Waals surface area contributed by atoms with Gasteiger partial charge >= 0.3 is 0 Å². The van der Waals surface area contributed by atoms with Crippen LogP contribution < -0.4 is 10.5 Å². The number of nitrogens with one attached hydrogen (secondary N) is 1. The lowest BCUT2D eigenvalue weighted by Gasteiger charge is -2.11. The first-order valence-electron chi connectivity index (χ1n) is 6.02. The van der Waals surface area contributed by atoms with Crippen molar-refractivity contribution in [1.82, 2.24) is 9.38 Å². The Bertz CT molecular complexity index is 730. The average molecular weight is 276 g/mol. The van der Waals surface area contributed by atoms with Gasteiger partial charge in [-0.25, -0.2) is 4.98 Å². The van der Waals surface area contributed by atoms with Crippen molar-refractivity contribution in [3.05, 3.63) is 57.8 Å². The van der Waals surface area contributed by atoms with Crippen molar-refractivity contribution >= 4 is 16.3 Å². The zero-order chi connectivity index (χ0) is 13.2. The van der Waals surface area contributed by atoms with E-state index >= 15 is 0 Å². The summed E-state index contributed by atoms with van der Waals surface area (Å²) in [6.45, 7) is 1.48. The number of hydrogen-bond donors (Lipinski definition) is 1. The highest BCUT2D eigenvalue weighted by molar-refractivity contribution is 7.15. The van der Waals surface area contributed by atoms with Gasteiger partial charge in [-0.05, 0) is 12.1 Å². The molecule has 1 unspecified atom stereocenters. The van der Waals surface area contributed by atoms with Gasteiger partial charge in [0.2, 0.25) is 0 Å². The molecule has 5 nitrogen and oxygen atoms in total. The fraction of sp³-hybridized carbons (Fsp3) is 0.231. The zero-order valence-electron chi connectivity index (χ0n) is 10.5. The maximum atomic E-state index is 11.9. The van der Waals surface area contributed by atoms with E-state index in [0.717, 1.165) is 23.0 Å². The van der Waals surface area contributed by atoms with Crippen LogP contribution in [0.3, 0.4) is 0 Å². The van der Waals surface area contributed by atoms with Crippen molar-refractivity contribution in [2.75, 3.05) is 7.05 Å². The van der Waals surface area contributed by atoms with Crippen molar-refractivity contribution in [3.63, 3.8) is 0 Å². The van der Waals surface area contributed by atoms with Crippen LogP contribution in [0.4, 0.5) is 0 Å². The molecule has 19 heavy (non-hydrogen) atoms. The van der Waals surface area contributed by atoms with Gasteiger partial charge in [-0.15, -0.1) is 11.3 Å². The highest BCUT2D eigenvalue weighted by Crippen LogP contribution is 2.06. The molecule has 3 aromatic rings. The predicted molar refractivity (Wildman–Crippen MR) is 72.3 cm³/mol. The van der Waals surface area contributed by atoms with Gasteiger partial charge in [-0.2, -0.15) is 0 Å². The normalized spacial score (nSPS) is 12.9. The van der Waals surface area contributed by atoms with E-state index in [0.29, 0.717) is 6.54 Å². The summed E-state index contributed by atoms with van der Waals surface area (Å²) in [5.41, 5.74) is 0.795. The Hall–Kier alpha value is -1.92. The number of quaternary nitrogens is 1. The molecule has 98 valence electrons. The number of aromatic nitrogens is 2. The Labute approximate surface area is 113 Å². The van der Waals surface area contributed by atoms with E-state index in [9.17, 15) is 4.79 Å². The summed E-state index contributed by atoms with van der Waals surface area (Å²) < 4.78 is 6.88. The fourth-order valence-electron chi connectivity index (χ4n) is 2.06. The van der Waals surface area contributed by atoms with Gasteiger partial charge in [0.05, 0.1) is 13.3 Å². The third kappa shape index (κ3) is 2.59. The zero-order valence-corrected chi connectivity index (χ0v) is 11.3. The van der Waals surface area contributed by atoms with Crippen molar-refractivity contribution in [1.29, 1.82) is 0 Å². The van der Waals surface area contributed by atoms with Gasteiger partial charge in [0, 0.05) is 17.6 Å². The molecule has 1 atom stereocenters. The van der Waals surface area contributed by atoms with Gasteiger partial charge in [-0.1, -0.05) is 0 Å². The smallest absolute Gasteiger partial charge is 0.258 e. The number of furan rings is 1. The summed E-state index contributed by atoms with van der Waals surface area (Å²) >= 11 is 1.47. The molecule has 0 saturated heterocycles. The van der Waals surface area contributed by atoms with Crippen LogP contribution in [0, 0.1) is 0 Å². The minimum Gasteiger partial charge on any atom is -0.463 e. The van der Waals surface area contributed by atoms with Crippen LogP contribution in [0.2, 0.25) is 0 Å². The largest absolute Gasteiger partial charge is 0.463 e. The lowest BCUT2D eigenvalue weighted by Crippen LogP contribution is -3.06. The van der Waals surface area contributed by atoms with Crippen LogP contribution >= 0.6 is 11.3 Å². The van der Waals surface area contributed by atoms with E-state index in [1.165, 1.54) is 16.2 Å². The minimum atomic E-state index is -0.0213. The second-order valence-electron chi connectivity index (χ2n) is 4.53. The quantitative estimate of drug-likeness (QED) is 0.758. The standard InChI is InChI=1S/C13H13N3O2S/c1-15(9-11-3-2-5-18-11)8-10-7-12(17)16-4-6-19-13(16)14-10/h2-7H,8-9H2,1H3/p+1. The molecule has 0 saturated carbocycles. The predicted octanol–water partition coefficient (Wildman–Crippen LogP) is 0.564. The van der Waals surface area contributed by atoms with Crippen molar-refractivity contribution < 1.29 is 9.32 Å². The summed E-state index contributed by atoms with van der Waals surface area (Å²) in [7, 11) is 2.06. The van der Waals surface area contributed by atoms with E-state index in [1.54, 1.807) is 22.9 Å². The molecule has 6 heteroatoms. The number of hydrogen-bond acceptors (Lipinski definition) is 4. The van der Waals surface area contributed by atoms with Crippen molar-refractivity contribution in [2.45, 2.75) is 13.1 Å². The Morgan fingerprint density at radius 3 is 3.16 bits per heavy atom. The molecule has 3 rings (SSSR count). The maximum absolute atomic E-state index is 11.9. The molecular formula is C13H14N3O2S+. The molecule has 3 heterocycles. The van der Waals surface area contributed by atoms with E-state index in [1.807, 2.05) is 17.5 Å². The molecule has 0 aliphatic heterocycles. The molecule has 0 spiro atoms. The summed E-state index contributed by atoms with van der Waals surface area (Å²) in [4.78, 5) is 18.3. The average Bonchev–Trinajstić information content (AvgIpc) is 2.99. The molecular weight excluding hydrogens is 262 g/mol. The van der Waals surface area contributed by atoms with Gasteiger partial charge in [0.1, 0.15) is 18.8 Å². The molecule has 0 aromatic carbocycles. The Morgan fingerprint density at radius 2 is 2.37 bits per heavy atom. The monoisotopic (exact) mass is 276 g/mol. The minimum absolute atomic E-state index is 0.0213.